The van der Waals surface area contributed by atoms with Gasteiger partial charge in [-0.05, 0) is 43.1 Å². The Bertz CT molecular complexity index is 614. The average molecular weight is 346 g/mol. The van der Waals surface area contributed by atoms with Crippen molar-refractivity contribution < 1.29 is 4.74 Å². The highest BCUT2D eigenvalue weighted by atomic mass is 79.9. The van der Waals surface area contributed by atoms with Crippen LogP contribution in [-0.4, -0.2) is 20.2 Å². The molecule has 21 heavy (non-hydrogen) atoms. The molecule has 2 atom stereocenters. The van der Waals surface area contributed by atoms with E-state index in [-0.39, 0.29) is 0 Å². The number of hydrogen-bond donors (Lipinski definition) is 1. The molecular weight excluding hydrogens is 326 g/mol. The summed E-state index contributed by atoms with van der Waals surface area (Å²) in [6, 6.07) is 17.0. The van der Waals surface area contributed by atoms with Crippen molar-refractivity contribution in [3.05, 3.63) is 64.1 Å². The predicted octanol–water partition coefficient (Wildman–Crippen LogP) is 4.32. The average Bonchev–Trinajstić information content (AvgIpc) is 2.90. The first-order chi connectivity index (χ1) is 10.3. The van der Waals surface area contributed by atoms with Crippen LogP contribution in [-0.2, 0) is 0 Å². The Morgan fingerprint density at radius 1 is 1.24 bits per heavy atom. The summed E-state index contributed by atoms with van der Waals surface area (Å²) in [6.45, 7) is 1.78. The highest BCUT2D eigenvalue weighted by Gasteiger charge is 2.27. The molecule has 1 N–H and O–H groups in total. The minimum atomic E-state index is 0.485. The van der Waals surface area contributed by atoms with Gasteiger partial charge in [-0.1, -0.05) is 46.3 Å². The van der Waals surface area contributed by atoms with Gasteiger partial charge in [0, 0.05) is 22.5 Å². The molecule has 0 radical (unpaired) electrons. The van der Waals surface area contributed by atoms with Gasteiger partial charge < -0.3 is 10.1 Å². The molecule has 1 aliphatic heterocycles. The van der Waals surface area contributed by atoms with E-state index in [0.717, 1.165) is 29.8 Å². The molecule has 0 amide bonds. The fraction of sp³-hybridized carbons (Fsp3) is 0.333. The Morgan fingerprint density at radius 3 is 2.90 bits per heavy atom. The Hall–Kier alpha value is -1.32. The number of para-hydroxylation sites is 1. The van der Waals surface area contributed by atoms with E-state index in [4.69, 9.17) is 4.74 Å². The lowest BCUT2D eigenvalue weighted by atomic mass is 9.86. The van der Waals surface area contributed by atoms with Crippen LogP contribution in [0, 0.1) is 0 Å². The SMILES string of the molecule is CNCC(CC1COc2ccccc21)c1cccc(Br)c1. The first kappa shape index (κ1) is 14.6. The largest absolute Gasteiger partial charge is 0.493 e. The molecule has 0 saturated heterocycles. The second-order valence-electron chi connectivity index (χ2n) is 5.59. The predicted molar refractivity (Wildman–Crippen MR) is 90.1 cm³/mol. The second-order valence-corrected chi connectivity index (χ2v) is 6.51. The zero-order valence-corrected chi connectivity index (χ0v) is 13.8. The van der Waals surface area contributed by atoms with Crippen molar-refractivity contribution in [2.24, 2.45) is 0 Å². The molecule has 0 aliphatic carbocycles. The van der Waals surface area contributed by atoms with Crippen LogP contribution in [0.25, 0.3) is 0 Å². The van der Waals surface area contributed by atoms with Crippen LogP contribution >= 0.6 is 15.9 Å². The summed E-state index contributed by atoms with van der Waals surface area (Å²) < 4.78 is 6.96. The van der Waals surface area contributed by atoms with Gasteiger partial charge in [0.25, 0.3) is 0 Å². The third-order valence-electron chi connectivity index (χ3n) is 4.14. The van der Waals surface area contributed by atoms with Gasteiger partial charge in [-0.3, -0.25) is 0 Å². The van der Waals surface area contributed by atoms with E-state index < -0.39 is 0 Å². The molecule has 1 aliphatic rings. The molecule has 0 bridgehead atoms. The summed E-state index contributed by atoms with van der Waals surface area (Å²) >= 11 is 3.57. The van der Waals surface area contributed by atoms with Crippen LogP contribution in [0.3, 0.4) is 0 Å². The lowest BCUT2D eigenvalue weighted by Crippen LogP contribution is -2.20. The maximum Gasteiger partial charge on any atom is 0.122 e. The molecule has 3 heteroatoms. The number of rotatable bonds is 5. The van der Waals surface area contributed by atoms with E-state index in [0.29, 0.717) is 11.8 Å². The lowest BCUT2D eigenvalue weighted by molar-refractivity contribution is 0.317. The van der Waals surface area contributed by atoms with E-state index >= 15 is 0 Å². The summed E-state index contributed by atoms with van der Waals surface area (Å²) in [5.74, 6) is 2.03. The highest BCUT2D eigenvalue weighted by Crippen LogP contribution is 2.39. The van der Waals surface area contributed by atoms with Crippen molar-refractivity contribution in [1.82, 2.24) is 5.32 Å². The zero-order chi connectivity index (χ0) is 14.7. The number of benzene rings is 2. The minimum Gasteiger partial charge on any atom is -0.493 e. The van der Waals surface area contributed by atoms with Crippen molar-refractivity contribution in [2.45, 2.75) is 18.3 Å². The fourth-order valence-corrected chi connectivity index (χ4v) is 3.53. The van der Waals surface area contributed by atoms with Gasteiger partial charge in [0.2, 0.25) is 0 Å². The number of likely N-dealkylation sites (N-methyl/N-ethyl adjacent to an activating group) is 1. The summed E-state index contributed by atoms with van der Waals surface area (Å²) in [4.78, 5) is 0. The number of fused-ring (bicyclic) bond motifs is 1. The second kappa shape index (κ2) is 6.63. The molecule has 2 aromatic carbocycles. The molecule has 0 spiro atoms. The Morgan fingerprint density at radius 2 is 2.10 bits per heavy atom. The molecule has 110 valence electrons. The van der Waals surface area contributed by atoms with Crippen LogP contribution in [0.2, 0.25) is 0 Å². The van der Waals surface area contributed by atoms with Crippen LogP contribution in [0.1, 0.15) is 29.4 Å². The highest BCUT2D eigenvalue weighted by molar-refractivity contribution is 9.10. The maximum atomic E-state index is 5.82. The van der Waals surface area contributed by atoms with Crippen LogP contribution in [0.5, 0.6) is 5.75 Å². The molecule has 2 aromatic rings. The van der Waals surface area contributed by atoms with E-state index in [1.165, 1.54) is 11.1 Å². The van der Waals surface area contributed by atoms with Crippen LogP contribution in [0.15, 0.2) is 53.0 Å². The molecule has 3 rings (SSSR count). The Balaban J connectivity index is 1.80. The first-order valence-electron chi connectivity index (χ1n) is 7.39. The third kappa shape index (κ3) is 3.30. The van der Waals surface area contributed by atoms with Gasteiger partial charge in [-0.2, -0.15) is 0 Å². The number of halogens is 1. The van der Waals surface area contributed by atoms with Crippen molar-refractivity contribution in [3.63, 3.8) is 0 Å². The summed E-state index contributed by atoms with van der Waals surface area (Å²) in [5.41, 5.74) is 2.73. The maximum absolute atomic E-state index is 5.82. The first-order valence-corrected chi connectivity index (χ1v) is 8.19. The van der Waals surface area contributed by atoms with Gasteiger partial charge in [-0.15, -0.1) is 0 Å². The molecule has 1 heterocycles. The standard InChI is InChI=1S/C18H20BrNO/c1-20-11-14(13-5-4-6-16(19)10-13)9-15-12-21-18-8-3-2-7-17(15)18/h2-8,10,14-15,20H,9,11-12H2,1H3. The number of ether oxygens (including phenoxy) is 1. The smallest absolute Gasteiger partial charge is 0.122 e. The fourth-order valence-electron chi connectivity index (χ4n) is 3.11. The van der Waals surface area contributed by atoms with Crippen molar-refractivity contribution >= 4 is 15.9 Å². The summed E-state index contributed by atoms with van der Waals surface area (Å²) in [7, 11) is 2.02. The van der Waals surface area contributed by atoms with Crippen LogP contribution in [0.4, 0.5) is 0 Å². The van der Waals surface area contributed by atoms with Gasteiger partial charge >= 0.3 is 0 Å². The van der Waals surface area contributed by atoms with E-state index in [1.54, 1.807) is 0 Å². The topological polar surface area (TPSA) is 21.3 Å². The van der Waals surface area contributed by atoms with Crippen molar-refractivity contribution in [3.8, 4) is 5.75 Å². The van der Waals surface area contributed by atoms with E-state index in [9.17, 15) is 0 Å². The van der Waals surface area contributed by atoms with Gasteiger partial charge in [0.15, 0.2) is 0 Å². The zero-order valence-electron chi connectivity index (χ0n) is 12.2. The number of nitrogens with one attached hydrogen (secondary N) is 1. The molecule has 0 aromatic heterocycles. The Kier molecular flexibility index (Phi) is 4.61. The monoisotopic (exact) mass is 345 g/mol. The van der Waals surface area contributed by atoms with Crippen molar-refractivity contribution in [1.29, 1.82) is 0 Å². The number of hydrogen-bond acceptors (Lipinski definition) is 2. The summed E-state index contributed by atoms with van der Waals surface area (Å²) in [5, 5.41) is 3.33. The van der Waals surface area contributed by atoms with Gasteiger partial charge in [-0.25, -0.2) is 0 Å². The molecule has 2 nitrogen and oxygen atoms in total. The third-order valence-corrected chi connectivity index (χ3v) is 4.63. The summed E-state index contributed by atoms with van der Waals surface area (Å²) in [6.07, 6.45) is 1.11. The van der Waals surface area contributed by atoms with Crippen LogP contribution < -0.4 is 10.1 Å². The van der Waals surface area contributed by atoms with E-state index in [1.807, 2.05) is 13.1 Å². The molecule has 0 saturated carbocycles. The van der Waals surface area contributed by atoms with Gasteiger partial charge in [0.05, 0.1) is 6.61 Å². The van der Waals surface area contributed by atoms with Crippen molar-refractivity contribution in [2.75, 3.05) is 20.2 Å². The van der Waals surface area contributed by atoms with Gasteiger partial charge in [0.1, 0.15) is 5.75 Å². The molecule has 2 unspecified atom stereocenters. The Labute approximate surface area is 134 Å². The lowest BCUT2D eigenvalue weighted by Gasteiger charge is -2.20. The molecular formula is C18H20BrNO. The quantitative estimate of drug-likeness (QED) is 0.871. The minimum absolute atomic E-state index is 0.485. The molecule has 0 fully saturated rings. The van der Waals surface area contributed by atoms with E-state index in [2.05, 4.69) is 63.7 Å². The normalized spacial score (nSPS) is 18.1.